The second kappa shape index (κ2) is 9.33. The molecule has 2 fully saturated rings. The second-order valence-corrected chi connectivity index (χ2v) is 10.6. The molecule has 0 spiro atoms. The molecule has 162 valence electrons. The molecule has 7 heteroatoms. The highest BCUT2D eigenvalue weighted by molar-refractivity contribution is 7.88. The van der Waals surface area contributed by atoms with Crippen LogP contribution in [0.3, 0.4) is 0 Å². The number of nitrogens with zero attached hydrogens (tertiary/aromatic N) is 1. The summed E-state index contributed by atoms with van der Waals surface area (Å²) in [6.07, 6.45) is 8.80. The maximum atomic E-state index is 12.0. The standard InChI is InChI=1S/C22H34N2O4S/c1-29(25,26)23-20-7-4-5-13-24-14-15-27-22-8-3-2-6-19(22)17-9-11-18(12-10-17)28-16-21(20)24/h2-3,6,8,17-18,20-21,23H,4-5,7,9-16H2,1H3. The van der Waals surface area contributed by atoms with Gasteiger partial charge < -0.3 is 9.47 Å². The van der Waals surface area contributed by atoms with Crippen molar-refractivity contribution in [2.24, 2.45) is 0 Å². The third-order valence-corrected chi connectivity index (χ3v) is 7.41. The number of hydrogen-bond donors (Lipinski definition) is 1. The van der Waals surface area contributed by atoms with Crippen molar-refractivity contribution >= 4 is 10.0 Å². The van der Waals surface area contributed by atoms with E-state index in [1.165, 1.54) is 11.8 Å². The van der Waals surface area contributed by atoms with Crippen LogP contribution >= 0.6 is 0 Å². The highest BCUT2D eigenvalue weighted by Crippen LogP contribution is 2.38. The largest absolute Gasteiger partial charge is 0.492 e. The molecular formula is C22H34N2O4S. The van der Waals surface area contributed by atoms with Gasteiger partial charge >= 0.3 is 0 Å². The van der Waals surface area contributed by atoms with E-state index in [9.17, 15) is 8.42 Å². The summed E-state index contributed by atoms with van der Waals surface area (Å²) < 4.78 is 39.5. The van der Waals surface area contributed by atoms with Gasteiger partial charge in [-0.25, -0.2) is 13.1 Å². The van der Waals surface area contributed by atoms with Gasteiger partial charge in [0.05, 0.1) is 19.0 Å². The zero-order chi connectivity index (χ0) is 20.3. The van der Waals surface area contributed by atoms with Crippen LogP contribution in [-0.4, -0.2) is 64.1 Å². The maximum Gasteiger partial charge on any atom is 0.209 e. The fourth-order valence-electron chi connectivity index (χ4n) is 5.20. The van der Waals surface area contributed by atoms with Crippen molar-refractivity contribution < 1.29 is 17.9 Å². The SMILES string of the molecule is CS(=O)(=O)NC1CCCCN2CCOc3ccccc3C3CCC(CC3)OCC12. The molecule has 5 rings (SSSR count). The van der Waals surface area contributed by atoms with E-state index in [0.717, 1.165) is 63.8 Å². The molecule has 3 heterocycles. The predicted molar refractivity (Wildman–Crippen MR) is 114 cm³/mol. The minimum absolute atomic E-state index is 0.0459. The third kappa shape index (κ3) is 5.51. The first-order chi connectivity index (χ1) is 14.0. The molecule has 1 aromatic rings. The van der Waals surface area contributed by atoms with E-state index in [-0.39, 0.29) is 18.2 Å². The van der Waals surface area contributed by atoms with Gasteiger partial charge in [0, 0.05) is 18.6 Å². The van der Waals surface area contributed by atoms with Gasteiger partial charge in [0.25, 0.3) is 0 Å². The Kier molecular flexibility index (Phi) is 6.79. The molecule has 2 atom stereocenters. The topological polar surface area (TPSA) is 67.9 Å². The summed E-state index contributed by atoms with van der Waals surface area (Å²) in [6.45, 7) is 2.92. The molecule has 6 nitrogen and oxygen atoms in total. The van der Waals surface area contributed by atoms with Crippen LogP contribution < -0.4 is 9.46 Å². The fraction of sp³-hybridized carbons (Fsp3) is 0.727. The predicted octanol–water partition coefficient (Wildman–Crippen LogP) is 2.89. The van der Waals surface area contributed by atoms with Crippen LogP contribution in [0.15, 0.2) is 24.3 Å². The Hall–Kier alpha value is -1.15. The molecule has 0 radical (unpaired) electrons. The monoisotopic (exact) mass is 422 g/mol. The van der Waals surface area contributed by atoms with Crippen molar-refractivity contribution in [3.63, 3.8) is 0 Å². The lowest BCUT2D eigenvalue weighted by Crippen LogP contribution is -2.54. The van der Waals surface area contributed by atoms with Gasteiger partial charge in [-0.3, -0.25) is 4.90 Å². The van der Waals surface area contributed by atoms with Gasteiger partial charge in [0.2, 0.25) is 10.0 Å². The van der Waals surface area contributed by atoms with Crippen molar-refractivity contribution in [2.45, 2.75) is 69.1 Å². The minimum atomic E-state index is -3.26. The second-order valence-electron chi connectivity index (χ2n) is 8.79. The lowest BCUT2D eigenvalue weighted by molar-refractivity contribution is -0.0170. The van der Waals surface area contributed by atoms with Gasteiger partial charge in [-0.1, -0.05) is 24.6 Å². The molecule has 4 aliphatic rings. The molecule has 1 saturated carbocycles. The van der Waals surface area contributed by atoms with Crippen molar-refractivity contribution in [1.82, 2.24) is 9.62 Å². The van der Waals surface area contributed by atoms with E-state index in [4.69, 9.17) is 9.47 Å². The molecule has 0 aromatic heterocycles. The first-order valence-electron chi connectivity index (χ1n) is 11.0. The number of hydrogen-bond acceptors (Lipinski definition) is 5. The normalized spacial score (nSPS) is 31.9. The number of benzene rings is 1. The Bertz CT molecular complexity index is 777. The fourth-order valence-corrected chi connectivity index (χ4v) is 6.03. The number of fused-ring (bicyclic) bond motifs is 5. The Labute approximate surface area is 175 Å². The summed E-state index contributed by atoms with van der Waals surface area (Å²) in [4.78, 5) is 2.38. The van der Waals surface area contributed by atoms with Gasteiger partial charge in [0.15, 0.2) is 0 Å². The molecule has 2 bridgehead atoms. The van der Waals surface area contributed by atoms with E-state index < -0.39 is 10.0 Å². The molecule has 3 aliphatic heterocycles. The zero-order valence-electron chi connectivity index (χ0n) is 17.4. The van der Waals surface area contributed by atoms with E-state index >= 15 is 0 Å². The average Bonchev–Trinajstić information content (AvgIpc) is 2.86. The molecule has 1 N–H and O–H groups in total. The van der Waals surface area contributed by atoms with Crippen molar-refractivity contribution in [2.75, 3.05) is 32.6 Å². The van der Waals surface area contributed by atoms with Crippen LogP contribution in [0.2, 0.25) is 0 Å². The van der Waals surface area contributed by atoms with Crippen LogP contribution in [0.25, 0.3) is 0 Å². The smallest absolute Gasteiger partial charge is 0.209 e. The third-order valence-electron chi connectivity index (χ3n) is 6.68. The van der Waals surface area contributed by atoms with Gasteiger partial charge in [-0.05, 0) is 62.6 Å². The van der Waals surface area contributed by atoms with Crippen LogP contribution in [0.5, 0.6) is 5.75 Å². The van der Waals surface area contributed by atoms with Crippen molar-refractivity contribution in [3.05, 3.63) is 29.8 Å². The maximum absolute atomic E-state index is 12.0. The lowest BCUT2D eigenvalue weighted by Gasteiger charge is -2.36. The Morgan fingerprint density at radius 2 is 1.83 bits per heavy atom. The van der Waals surface area contributed by atoms with E-state index in [1.807, 2.05) is 6.07 Å². The average molecular weight is 423 g/mol. The molecular weight excluding hydrogens is 388 g/mol. The Balaban J connectivity index is 1.58. The van der Waals surface area contributed by atoms with Gasteiger partial charge in [0.1, 0.15) is 12.4 Å². The highest BCUT2D eigenvalue weighted by atomic mass is 32.2. The summed E-state index contributed by atoms with van der Waals surface area (Å²) in [5, 5.41) is 0. The Morgan fingerprint density at radius 3 is 2.62 bits per heavy atom. The molecule has 1 saturated heterocycles. The lowest BCUT2D eigenvalue weighted by atomic mass is 9.82. The molecule has 1 aromatic carbocycles. The number of sulfonamides is 1. The summed E-state index contributed by atoms with van der Waals surface area (Å²) in [5.74, 6) is 1.55. The molecule has 29 heavy (non-hydrogen) atoms. The summed E-state index contributed by atoms with van der Waals surface area (Å²) in [5.41, 5.74) is 1.33. The van der Waals surface area contributed by atoms with E-state index in [0.29, 0.717) is 19.1 Å². The first kappa shape index (κ1) is 21.1. The van der Waals surface area contributed by atoms with Crippen molar-refractivity contribution in [3.8, 4) is 5.75 Å². The van der Waals surface area contributed by atoms with Crippen LogP contribution in [0.1, 0.15) is 56.4 Å². The minimum Gasteiger partial charge on any atom is -0.492 e. The quantitative estimate of drug-likeness (QED) is 0.794. The summed E-state index contributed by atoms with van der Waals surface area (Å²) >= 11 is 0. The van der Waals surface area contributed by atoms with Crippen molar-refractivity contribution in [1.29, 1.82) is 0 Å². The molecule has 1 aliphatic carbocycles. The zero-order valence-corrected chi connectivity index (χ0v) is 18.2. The number of ether oxygens (including phenoxy) is 2. The van der Waals surface area contributed by atoms with Crippen LogP contribution in [0.4, 0.5) is 0 Å². The highest BCUT2D eigenvalue weighted by Gasteiger charge is 2.34. The van der Waals surface area contributed by atoms with E-state index in [1.54, 1.807) is 0 Å². The first-order valence-corrected chi connectivity index (χ1v) is 12.9. The van der Waals surface area contributed by atoms with Crippen LogP contribution in [0, 0.1) is 0 Å². The van der Waals surface area contributed by atoms with Gasteiger partial charge in [-0.15, -0.1) is 0 Å². The van der Waals surface area contributed by atoms with Gasteiger partial charge in [-0.2, -0.15) is 0 Å². The van der Waals surface area contributed by atoms with Crippen LogP contribution in [-0.2, 0) is 14.8 Å². The number of rotatable bonds is 2. The summed E-state index contributed by atoms with van der Waals surface area (Å²) in [7, 11) is -3.26. The number of para-hydroxylation sites is 1. The summed E-state index contributed by atoms with van der Waals surface area (Å²) in [6, 6.07) is 8.39. The Morgan fingerprint density at radius 1 is 1.03 bits per heavy atom. The molecule has 2 unspecified atom stereocenters. The number of nitrogens with one attached hydrogen (secondary N) is 1. The molecule has 0 amide bonds. The van der Waals surface area contributed by atoms with E-state index in [2.05, 4.69) is 27.8 Å².